The molecular weight excluding hydrogens is 224 g/mol. The van der Waals surface area contributed by atoms with E-state index in [0.717, 1.165) is 19.3 Å². The lowest BCUT2D eigenvalue weighted by Crippen LogP contribution is -2.42. The molecule has 1 amide bonds. The van der Waals surface area contributed by atoms with Gasteiger partial charge in [0.1, 0.15) is 0 Å². The summed E-state index contributed by atoms with van der Waals surface area (Å²) in [6, 6.07) is 0.336. The number of halogens is 1. The molecule has 96 valence electrons. The first-order valence-electron chi connectivity index (χ1n) is 6.23. The van der Waals surface area contributed by atoms with E-state index in [1.807, 2.05) is 0 Å². The van der Waals surface area contributed by atoms with Crippen molar-refractivity contribution in [3.05, 3.63) is 0 Å². The predicted molar refractivity (Wildman–Crippen MR) is 69.6 cm³/mol. The highest BCUT2D eigenvalue weighted by Gasteiger charge is 2.28. The van der Waals surface area contributed by atoms with Gasteiger partial charge >= 0.3 is 0 Å². The molecule has 1 saturated carbocycles. The minimum absolute atomic E-state index is 0. The number of carbonyl (C=O) groups is 1. The lowest BCUT2D eigenvalue weighted by molar-refractivity contribution is -0.126. The summed E-state index contributed by atoms with van der Waals surface area (Å²) in [6.45, 7) is 4.85. The average Bonchev–Trinajstić information content (AvgIpc) is 2.67. The Labute approximate surface area is 105 Å². The van der Waals surface area contributed by atoms with E-state index >= 15 is 0 Å². The third-order valence-corrected chi connectivity index (χ3v) is 3.65. The lowest BCUT2D eigenvalue weighted by atomic mass is 9.99. The van der Waals surface area contributed by atoms with Crippen molar-refractivity contribution in [2.75, 3.05) is 6.54 Å². The molecule has 0 aromatic heterocycles. The van der Waals surface area contributed by atoms with E-state index in [9.17, 15) is 4.79 Å². The van der Waals surface area contributed by atoms with Crippen molar-refractivity contribution in [1.29, 1.82) is 0 Å². The number of hydrogen-bond donors (Lipinski definition) is 2. The molecule has 4 heteroatoms. The molecule has 1 rings (SSSR count). The molecule has 0 aromatic carbocycles. The van der Waals surface area contributed by atoms with Gasteiger partial charge in [-0.15, -0.1) is 12.4 Å². The van der Waals surface area contributed by atoms with E-state index in [1.54, 1.807) is 0 Å². The van der Waals surface area contributed by atoms with E-state index in [2.05, 4.69) is 19.2 Å². The van der Waals surface area contributed by atoms with Crippen molar-refractivity contribution in [1.82, 2.24) is 5.32 Å². The monoisotopic (exact) mass is 248 g/mol. The molecule has 0 aliphatic heterocycles. The zero-order valence-electron chi connectivity index (χ0n) is 10.4. The Kier molecular flexibility index (Phi) is 7.77. The van der Waals surface area contributed by atoms with Gasteiger partial charge in [-0.25, -0.2) is 0 Å². The molecule has 2 atom stereocenters. The van der Waals surface area contributed by atoms with Crippen molar-refractivity contribution in [2.24, 2.45) is 17.6 Å². The van der Waals surface area contributed by atoms with Crippen LogP contribution in [0.1, 0.15) is 46.0 Å². The summed E-state index contributed by atoms with van der Waals surface area (Å²) in [5.41, 5.74) is 5.69. The van der Waals surface area contributed by atoms with Crippen molar-refractivity contribution in [3.63, 3.8) is 0 Å². The summed E-state index contributed by atoms with van der Waals surface area (Å²) in [4.78, 5) is 11.9. The molecule has 1 aliphatic carbocycles. The Balaban J connectivity index is 0.00000225. The zero-order valence-corrected chi connectivity index (χ0v) is 11.2. The maximum absolute atomic E-state index is 11.9. The first-order valence-corrected chi connectivity index (χ1v) is 6.23. The van der Waals surface area contributed by atoms with Gasteiger partial charge < -0.3 is 11.1 Å². The molecule has 0 radical (unpaired) electrons. The Bertz CT molecular complexity index is 207. The standard InChI is InChI=1S/C12H24N2O.ClH/c1-3-9(4-2)12(15)14-11-7-5-6-10(11)8-13;/h9-11H,3-8,13H2,1-2H3,(H,14,15);1H. The Morgan fingerprint density at radius 3 is 2.50 bits per heavy atom. The first-order chi connectivity index (χ1) is 7.22. The average molecular weight is 249 g/mol. The maximum atomic E-state index is 11.9. The Hall–Kier alpha value is -0.280. The van der Waals surface area contributed by atoms with Gasteiger partial charge in [-0.1, -0.05) is 20.3 Å². The third-order valence-electron chi connectivity index (χ3n) is 3.65. The summed E-state index contributed by atoms with van der Waals surface area (Å²) < 4.78 is 0. The van der Waals surface area contributed by atoms with Gasteiger partial charge in [-0.2, -0.15) is 0 Å². The molecule has 3 nitrogen and oxygen atoms in total. The van der Waals surface area contributed by atoms with E-state index in [1.165, 1.54) is 12.8 Å². The van der Waals surface area contributed by atoms with Gasteiger partial charge in [0.15, 0.2) is 0 Å². The molecule has 0 aromatic rings. The largest absolute Gasteiger partial charge is 0.353 e. The summed E-state index contributed by atoms with van der Waals surface area (Å²) in [6.07, 6.45) is 5.35. The zero-order chi connectivity index (χ0) is 11.3. The van der Waals surface area contributed by atoms with Crippen molar-refractivity contribution < 1.29 is 4.79 Å². The molecule has 3 N–H and O–H groups in total. The van der Waals surface area contributed by atoms with Crippen LogP contribution in [-0.4, -0.2) is 18.5 Å². The van der Waals surface area contributed by atoms with E-state index in [0.29, 0.717) is 18.5 Å². The smallest absolute Gasteiger partial charge is 0.223 e. The molecular formula is C12H25ClN2O. The summed E-state index contributed by atoms with van der Waals surface area (Å²) >= 11 is 0. The van der Waals surface area contributed by atoms with Crippen LogP contribution in [0.2, 0.25) is 0 Å². The number of amides is 1. The Morgan fingerprint density at radius 1 is 1.38 bits per heavy atom. The minimum Gasteiger partial charge on any atom is -0.353 e. The lowest BCUT2D eigenvalue weighted by Gasteiger charge is -2.22. The molecule has 1 fully saturated rings. The molecule has 0 bridgehead atoms. The van der Waals surface area contributed by atoms with E-state index in [4.69, 9.17) is 5.73 Å². The van der Waals surface area contributed by atoms with Crippen LogP contribution in [0.5, 0.6) is 0 Å². The van der Waals surface area contributed by atoms with Gasteiger partial charge in [0.2, 0.25) is 5.91 Å². The number of rotatable bonds is 5. The second-order valence-electron chi connectivity index (χ2n) is 4.56. The van der Waals surface area contributed by atoms with Gasteiger partial charge in [-0.3, -0.25) is 4.79 Å². The van der Waals surface area contributed by atoms with Crippen LogP contribution < -0.4 is 11.1 Å². The molecule has 0 spiro atoms. The fraction of sp³-hybridized carbons (Fsp3) is 0.917. The van der Waals surface area contributed by atoms with E-state index < -0.39 is 0 Å². The van der Waals surface area contributed by atoms with Gasteiger partial charge in [0, 0.05) is 12.0 Å². The van der Waals surface area contributed by atoms with Crippen LogP contribution in [0.4, 0.5) is 0 Å². The maximum Gasteiger partial charge on any atom is 0.223 e. The van der Waals surface area contributed by atoms with Crippen LogP contribution in [0.25, 0.3) is 0 Å². The van der Waals surface area contributed by atoms with Crippen LogP contribution in [0.15, 0.2) is 0 Å². The SMILES string of the molecule is CCC(CC)C(=O)NC1CCCC1CN.Cl. The summed E-state index contributed by atoms with van der Waals surface area (Å²) in [7, 11) is 0. The number of carbonyl (C=O) groups excluding carboxylic acids is 1. The predicted octanol–water partition coefficient (Wildman–Crippen LogP) is 2.09. The van der Waals surface area contributed by atoms with Gasteiger partial charge in [0.25, 0.3) is 0 Å². The fourth-order valence-corrected chi connectivity index (χ4v) is 2.47. The molecule has 16 heavy (non-hydrogen) atoms. The summed E-state index contributed by atoms with van der Waals surface area (Å²) in [5, 5.41) is 3.16. The van der Waals surface area contributed by atoms with Crippen LogP contribution >= 0.6 is 12.4 Å². The highest BCUT2D eigenvalue weighted by atomic mass is 35.5. The normalized spacial score (nSPS) is 24.2. The quantitative estimate of drug-likeness (QED) is 0.783. The second-order valence-corrected chi connectivity index (χ2v) is 4.56. The second kappa shape index (κ2) is 7.91. The van der Waals surface area contributed by atoms with Crippen LogP contribution in [0.3, 0.4) is 0 Å². The van der Waals surface area contributed by atoms with Crippen molar-refractivity contribution >= 4 is 18.3 Å². The topological polar surface area (TPSA) is 55.1 Å². The molecule has 0 heterocycles. The van der Waals surface area contributed by atoms with Crippen molar-refractivity contribution in [2.45, 2.75) is 52.0 Å². The minimum atomic E-state index is 0. The van der Waals surface area contributed by atoms with Gasteiger partial charge in [0.05, 0.1) is 0 Å². The summed E-state index contributed by atoms with van der Waals surface area (Å²) in [5.74, 6) is 0.915. The fourth-order valence-electron chi connectivity index (χ4n) is 2.47. The number of nitrogens with two attached hydrogens (primary N) is 1. The van der Waals surface area contributed by atoms with Crippen LogP contribution in [0, 0.1) is 11.8 Å². The molecule has 2 unspecified atom stereocenters. The molecule has 0 saturated heterocycles. The highest BCUT2D eigenvalue weighted by Crippen LogP contribution is 2.25. The Morgan fingerprint density at radius 2 is 2.00 bits per heavy atom. The number of hydrogen-bond acceptors (Lipinski definition) is 2. The number of nitrogens with one attached hydrogen (secondary N) is 1. The first kappa shape index (κ1) is 15.7. The van der Waals surface area contributed by atoms with E-state index in [-0.39, 0.29) is 24.2 Å². The van der Waals surface area contributed by atoms with Crippen LogP contribution in [-0.2, 0) is 4.79 Å². The van der Waals surface area contributed by atoms with Crippen molar-refractivity contribution in [3.8, 4) is 0 Å². The highest BCUT2D eigenvalue weighted by molar-refractivity contribution is 5.85. The van der Waals surface area contributed by atoms with Gasteiger partial charge in [-0.05, 0) is 38.1 Å². The third kappa shape index (κ3) is 3.95. The molecule has 1 aliphatic rings.